The quantitative estimate of drug-likeness (QED) is 0.864. The molecular weight excluding hydrogens is 228 g/mol. The Morgan fingerprint density at radius 2 is 2.00 bits per heavy atom. The topological polar surface area (TPSA) is 64.3 Å². The zero-order chi connectivity index (χ0) is 13.8. The highest BCUT2D eigenvalue weighted by molar-refractivity contribution is 5.89. The largest absolute Gasteiger partial charge is 0.444 e. The molecule has 3 N–H and O–H groups in total. The van der Waals surface area contributed by atoms with Gasteiger partial charge in [-0.05, 0) is 32.4 Å². The number of rotatable bonds is 3. The molecule has 0 heterocycles. The van der Waals surface area contributed by atoms with Crippen molar-refractivity contribution in [2.45, 2.75) is 26.4 Å². The summed E-state index contributed by atoms with van der Waals surface area (Å²) >= 11 is 0. The molecule has 0 atom stereocenters. The number of nitrogens with two attached hydrogens (primary N) is 1. The van der Waals surface area contributed by atoms with Gasteiger partial charge in [-0.25, -0.2) is 4.79 Å². The summed E-state index contributed by atoms with van der Waals surface area (Å²) in [4.78, 5) is 11.7. The van der Waals surface area contributed by atoms with E-state index in [1.54, 1.807) is 6.07 Å². The molecule has 1 rings (SSSR count). The van der Waals surface area contributed by atoms with Gasteiger partial charge in [0.05, 0.1) is 5.69 Å². The number of benzene rings is 1. The molecule has 0 aromatic heterocycles. The highest BCUT2D eigenvalue weighted by Crippen LogP contribution is 2.22. The van der Waals surface area contributed by atoms with E-state index in [4.69, 9.17) is 10.5 Å². The van der Waals surface area contributed by atoms with E-state index in [2.05, 4.69) is 11.9 Å². The lowest BCUT2D eigenvalue weighted by Crippen LogP contribution is -2.27. The molecule has 0 bridgehead atoms. The number of nitrogens with one attached hydrogen (secondary N) is 1. The molecule has 1 amide bonds. The van der Waals surface area contributed by atoms with E-state index in [9.17, 15) is 4.79 Å². The Balaban J connectivity index is 2.85. The summed E-state index contributed by atoms with van der Waals surface area (Å²) in [5.74, 6) is 0. The monoisotopic (exact) mass is 248 g/mol. The van der Waals surface area contributed by atoms with E-state index in [1.165, 1.54) is 0 Å². The van der Waals surface area contributed by atoms with Crippen LogP contribution in [0.2, 0.25) is 0 Å². The van der Waals surface area contributed by atoms with Crippen molar-refractivity contribution in [3.05, 3.63) is 36.4 Å². The van der Waals surface area contributed by atoms with E-state index < -0.39 is 11.7 Å². The number of anilines is 1. The number of carbonyl (C=O) groups is 1. The maximum atomic E-state index is 11.7. The summed E-state index contributed by atoms with van der Waals surface area (Å²) in [7, 11) is 0. The zero-order valence-electron chi connectivity index (χ0n) is 11.1. The van der Waals surface area contributed by atoms with Gasteiger partial charge in [0.25, 0.3) is 0 Å². The summed E-state index contributed by atoms with van der Waals surface area (Å²) in [6.45, 7) is 9.66. The lowest BCUT2D eigenvalue weighted by molar-refractivity contribution is 0.0636. The Hall–Kier alpha value is -1.81. The SMILES string of the molecule is C=C(CN)c1ccccc1NC(=O)OC(C)(C)C. The second kappa shape index (κ2) is 5.69. The van der Waals surface area contributed by atoms with Gasteiger partial charge in [-0.3, -0.25) is 5.32 Å². The van der Waals surface area contributed by atoms with Gasteiger partial charge >= 0.3 is 6.09 Å². The van der Waals surface area contributed by atoms with Crippen molar-refractivity contribution in [3.8, 4) is 0 Å². The molecule has 1 aromatic carbocycles. The Morgan fingerprint density at radius 1 is 1.39 bits per heavy atom. The number of hydrogen-bond acceptors (Lipinski definition) is 3. The maximum Gasteiger partial charge on any atom is 0.412 e. The molecule has 4 nitrogen and oxygen atoms in total. The van der Waals surface area contributed by atoms with Crippen LogP contribution in [0.5, 0.6) is 0 Å². The normalized spacial score (nSPS) is 10.9. The molecule has 0 radical (unpaired) electrons. The van der Waals surface area contributed by atoms with Gasteiger partial charge in [-0.2, -0.15) is 0 Å². The van der Waals surface area contributed by atoms with Crippen LogP contribution in [-0.4, -0.2) is 18.2 Å². The van der Waals surface area contributed by atoms with Gasteiger partial charge in [0, 0.05) is 12.1 Å². The summed E-state index contributed by atoms with van der Waals surface area (Å²) in [5, 5.41) is 2.70. The Morgan fingerprint density at radius 3 is 2.56 bits per heavy atom. The van der Waals surface area contributed by atoms with Crippen molar-refractivity contribution in [2.24, 2.45) is 5.73 Å². The minimum Gasteiger partial charge on any atom is -0.444 e. The molecule has 0 saturated carbocycles. The second-order valence-corrected chi connectivity index (χ2v) is 4.98. The zero-order valence-corrected chi connectivity index (χ0v) is 11.1. The van der Waals surface area contributed by atoms with Crippen LogP contribution in [0, 0.1) is 0 Å². The molecule has 0 spiro atoms. The van der Waals surface area contributed by atoms with Crippen LogP contribution in [0.1, 0.15) is 26.3 Å². The van der Waals surface area contributed by atoms with Crippen molar-refractivity contribution in [1.29, 1.82) is 0 Å². The molecule has 0 fully saturated rings. The van der Waals surface area contributed by atoms with Crippen molar-refractivity contribution < 1.29 is 9.53 Å². The van der Waals surface area contributed by atoms with Crippen molar-refractivity contribution in [1.82, 2.24) is 0 Å². The van der Waals surface area contributed by atoms with E-state index in [0.717, 1.165) is 11.1 Å². The van der Waals surface area contributed by atoms with Gasteiger partial charge in [0.15, 0.2) is 0 Å². The first-order valence-corrected chi connectivity index (χ1v) is 5.81. The first-order valence-electron chi connectivity index (χ1n) is 5.81. The highest BCUT2D eigenvalue weighted by atomic mass is 16.6. The molecule has 0 saturated heterocycles. The van der Waals surface area contributed by atoms with Crippen LogP contribution in [0.3, 0.4) is 0 Å². The number of amides is 1. The number of ether oxygens (including phenoxy) is 1. The van der Waals surface area contributed by atoms with E-state index >= 15 is 0 Å². The number of para-hydroxylation sites is 1. The Kier molecular flexibility index (Phi) is 4.50. The van der Waals surface area contributed by atoms with Gasteiger partial charge in [-0.15, -0.1) is 0 Å². The van der Waals surface area contributed by atoms with Gasteiger partial charge in [-0.1, -0.05) is 24.8 Å². The fourth-order valence-electron chi connectivity index (χ4n) is 1.42. The number of carbonyl (C=O) groups excluding carboxylic acids is 1. The van der Waals surface area contributed by atoms with Crippen molar-refractivity contribution >= 4 is 17.4 Å². The molecule has 0 unspecified atom stereocenters. The van der Waals surface area contributed by atoms with Gasteiger partial charge in [0.2, 0.25) is 0 Å². The average Bonchev–Trinajstić information content (AvgIpc) is 2.26. The van der Waals surface area contributed by atoms with Crippen molar-refractivity contribution in [2.75, 3.05) is 11.9 Å². The average molecular weight is 248 g/mol. The molecule has 0 aliphatic heterocycles. The molecular formula is C14H20N2O2. The van der Waals surface area contributed by atoms with Crippen LogP contribution in [0.15, 0.2) is 30.8 Å². The van der Waals surface area contributed by atoms with Gasteiger partial charge in [0.1, 0.15) is 5.60 Å². The molecule has 18 heavy (non-hydrogen) atoms. The van der Waals surface area contributed by atoms with Crippen LogP contribution >= 0.6 is 0 Å². The highest BCUT2D eigenvalue weighted by Gasteiger charge is 2.17. The fraction of sp³-hybridized carbons (Fsp3) is 0.357. The van der Waals surface area contributed by atoms with Gasteiger partial charge < -0.3 is 10.5 Å². The minimum absolute atomic E-state index is 0.340. The van der Waals surface area contributed by atoms with Crippen LogP contribution in [-0.2, 0) is 4.74 Å². The van der Waals surface area contributed by atoms with Crippen LogP contribution in [0.25, 0.3) is 5.57 Å². The molecule has 0 aliphatic rings. The molecule has 4 heteroatoms. The third kappa shape index (κ3) is 4.22. The lowest BCUT2D eigenvalue weighted by Gasteiger charge is -2.20. The Bertz CT molecular complexity index is 447. The molecule has 1 aromatic rings. The molecule has 0 aliphatic carbocycles. The summed E-state index contributed by atoms with van der Waals surface area (Å²) in [6.07, 6.45) is -0.486. The summed E-state index contributed by atoms with van der Waals surface area (Å²) in [5.41, 5.74) is 7.28. The van der Waals surface area contributed by atoms with E-state index in [1.807, 2.05) is 39.0 Å². The predicted molar refractivity (Wildman–Crippen MR) is 74.4 cm³/mol. The maximum absolute atomic E-state index is 11.7. The standard InChI is InChI=1S/C14H20N2O2/c1-10(9-15)11-7-5-6-8-12(11)16-13(17)18-14(2,3)4/h5-8H,1,9,15H2,2-4H3,(H,16,17). The first-order chi connectivity index (χ1) is 8.33. The summed E-state index contributed by atoms with van der Waals surface area (Å²) < 4.78 is 5.20. The smallest absolute Gasteiger partial charge is 0.412 e. The summed E-state index contributed by atoms with van der Waals surface area (Å²) in [6, 6.07) is 7.36. The molecule has 98 valence electrons. The third-order valence-corrected chi connectivity index (χ3v) is 2.19. The van der Waals surface area contributed by atoms with E-state index in [0.29, 0.717) is 12.2 Å². The first kappa shape index (κ1) is 14.3. The van der Waals surface area contributed by atoms with Crippen LogP contribution in [0.4, 0.5) is 10.5 Å². The van der Waals surface area contributed by atoms with Crippen LogP contribution < -0.4 is 11.1 Å². The Labute approximate surface area is 108 Å². The predicted octanol–water partition coefficient (Wildman–Crippen LogP) is 3.01. The second-order valence-electron chi connectivity index (χ2n) is 4.98. The number of hydrogen-bond donors (Lipinski definition) is 2. The third-order valence-electron chi connectivity index (χ3n) is 2.19. The van der Waals surface area contributed by atoms with E-state index in [-0.39, 0.29) is 0 Å². The fourth-order valence-corrected chi connectivity index (χ4v) is 1.42. The minimum atomic E-state index is -0.524. The lowest BCUT2D eigenvalue weighted by atomic mass is 10.1. The van der Waals surface area contributed by atoms with Crippen molar-refractivity contribution in [3.63, 3.8) is 0 Å².